The van der Waals surface area contributed by atoms with Crippen LogP contribution in [0.5, 0.6) is 0 Å². The lowest BCUT2D eigenvalue weighted by Gasteiger charge is -2.21. The molecule has 5 heteroatoms. The molecule has 2 aromatic carbocycles. The van der Waals surface area contributed by atoms with Gasteiger partial charge in [-0.2, -0.15) is 0 Å². The van der Waals surface area contributed by atoms with E-state index in [1.54, 1.807) is 0 Å². The maximum Gasteiger partial charge on any atom is 0.407 e. The van der Waals surface area contributed by atoms with Gasteiger partial charge in [0.2, 0.25) is 0 Å². The van der Waals surface area contributed by atoms with E-state index in [0.717, 1.165) is 29.4 Å². The topological polar surface area (TPSA) is 50.4 Å². The minimum atomic E-state index is -0.355. The van der Waals surface area contributed by atoms with Crippen molar-refractivity contribution in [2.75, 3.05) is 6.54 Å². The molecule has 0 bridgehead atoms. The Morgan fingerprint density at radius 3 is 2.75 bits per heavy atom. The molecular weight excluding hydrogens is 368 g/mol. The summed E-state index contributed by atoms with van der Waals surface area (Å²) in [7, 11) is 0. The molecular formula is C19H21BrN2O2. The van der Waals surface area contributed by atoms with E-state index in [9.17, 15) is 4.79 Å². The van der Waals surface area contributed by atoms with Crippen molar-refractivity contribution in [2.24, 2.45) is 0 Å². The molecule has 126 valence electrons. The van der Waals surface area contributed by atoms with Crippen molar-refractivity contribution in [3.05, 3.63) is 70.2 Å². The number of carbonyl (C=O) groups excluding carboxylic acids is 1. The van der Waals surface area contributed by atoms with Crippen molar-refractivity contribution in [3.63, 3.8) is 0 Å². The molecule has 0 aromatic heterocycles. The summed E-state index contributed by atoms with van der Waals surface area (Å²) in [5.74, 6) is 0. The van der Waals surface area contributed by atoms with Gasteiger partial charge in [0.05, 0.1) is 0 Å². The van der Waals surface area contributed by atoms with Crippen LogP contribution < -0.4 is 10.6 Å². The van der Waals surface area contributed by atoms with Crippen LogP contribution in [0, 0.1) is 0 Å². The number of benzene rings is 2. The Morgan fingerprint density at radius 2 is 1.96 bits per heavy atom. The Balaban J connectivity index is 1.51. The molecule has 24 heavy (non-hydrogen) atoms. The first-order chi connectivity index (χ1) is 11.7. The molecule has 1 fully saturated rings. The third-order valence-corrected chi connectivity index (χ3v) is 4.70. The molecule has 2 N–H and O–H groups in total. The van der Waals surface area contributed by atoms with Gasteiger partial charge in [-0.25, -0.2) is 4.79 Å². The lowest BCUT2D eigenvalue weighted by Crippen LogP contribution is -2.44. The molecule has 0 spiro atoms. The maximum atomic E-state index is 12.1. The van der Waals surface area contributed by atoms with E-state index in [2.05, 4.69) is 38.7 Å². The monoisotopic (exact) mass is 388 g/mol. The zero-order chi connectivity index (χ0) is 16.8. The molecule has 1 aliphatic rings. The highest BCUT2D eigenvalue weighted by molar-refractivity contribution is 9.10. The van der Waals surface area contributed by atoms with Crippen LogP contribution in [0.2, 0.25) is 0 Å². The zero-order valence-corrected chi connectivity index (χ0v) is 15.0. The fourth-order valence-electron chi connectivity index (χ4n) is 2.99. The lowest BCUT2D eigenvalue weighted by atomic mass is 10.0. The SMILES string of the molecule is O=C(N[C@H]1CCN[C@H]1Cc1cccc(Br)c1)OCc1ccccc1. The summed E-state index contributed by atoms with van der Waals surface area (Å²) >= 11 is 3.50. The number of nitrogens with one attached hydrogen (secondary N) is 2. The third kappa shape index (κ3) is 4.82. The van der Waals surface area contributed by atoms with E-state index in [4.69, 9.17) is 4.74 Å². The molecule has 1 aliphatic heterocycles. The first-order valence-electron chi connectivity index (χ1n) is 8.16. The van der Waals surface area contributed by atoms with Gasteiger partial charge in [-0.3, -0.25) is 0 Å². The van der Waals surface area contributed by atoms with Crippen LogP contribution in [0.1, 0.15) is 17.5 Å². The Hall–Kier alpha value is -1.85. The minimum absolute atomic E-state index is 0.0901. The van der Waals surface area contributed by atoms with Gasteiger partial charge >= 0.3 is 6.09 Å². The highest BCUT2D eigenvalue weighted by Crippen LogP contribution is 2.17. The average molecular weight is 389 g/mol. The fourth-order valence-corrected chi connectivity index (χ4v) is 3.44. The maximum absolute atomic E-state index is 12.1. The average Bonchev–Trinajstić information content (AvgIpc) is 3.01. The molecule has 1 saturated heterocycles. The zero-order valence-electron chi connectivity index (χ0n) is 13.4. The van der Waals surface area contributed by atoms with Gasteiger partial charge < -0.3 is 15.4 Å². The van der Waals surface area contributed by atoms with Crippen LogP contribution in [-0.2, 0) is 17.8 Å². The number of halogens is 1. The van der Waals surface area contributed by atoms with Crippen LogP contribution in [0.15, 0.2) is 59.1 Å². The smallest absolute Gasteiger partial charge is 0.407 e. The van der Waals surface area contributed by atoms with Crippen molar-refractivity contribution >= 4 is 22.0 Å². The summed E-state index contributed by atoms with van der Waals surface area (Å²) in [5, 5.41) is 6.47. The minimum Gasteiger partial charge on any atom is -0.445 e. The molecule has 0 unspecified atom stereocenters. The van der Waals surface area contributed by atoms with Crippen molar-refractivity contribution < 1.29 is 9.53 Å². The largest absolute Gasteiger partial charge is 0.445 e. The first-order valence-corrected chi connectivity index (χ1v) is 8.95. The van der Waals surface area contributed by atoms with E-state index in [1.165, 1.54) is 5.56 Å². The van der Waals surface area contributed by atoms with Gasteiger partial charge in [0.15, 0.2) is 0 Å². The van der Waals surface area contributed by atoms with Crippen molar-refractivity contribution in [1.82, 2.24) is 10.6 Å². The number of rotatable bonds is 5. The van der Waals surface area contributed by atoms with Crippen molar-refractivity contribution in [2.45, 2.75) is 31.5 Å². The standard InChI is InChI=1S/C19H21BrN2O2/c20-16-8-4-7-15(11-16)12-18-17(9-10-21-18)22-19(23)24-13-14-5-2-1-3-6-14/h1-8,11,17-18,21H,9-10,12-13H2,(H,22,23)/t17-,18-/m0/s1. The van der Waals surface area contributed by atoms with Crippen LogP contribution in [0.4, 0.5) is 4.79 Å². The molecule has 0 aliphatic carbocycles. The van der Waals surface area contributed by atoms with Crippen molar-refractivity contribution in [1.29, 1.82) is 0 Å². The van der Waals surface area contributed by atoms with Gasteiger partial charge in [0, 0.05) is 16.6 Å². The van der Waals surface area contributed by atoms with Gasteiger partial charge in [0.1, 0.15) is 6.61 Å². The van der Waals surface area contributed by atoms with Gasteiger partial charge in [-0.05, 0) is 42.6 Å². The molecule has 2 atom stereocenters. The van der Waals surface area contributed by atoms with Crippen LogP contribution in [0.25, 0.3) is 0 Å². The fraction of sp³-hybridized carbons (Fsp3) is 0.316. The molecule has 3 rings (SSSR count). The summed E-state index contributed by atoms with van der Waals surface area (Å²) < 4.78 is 6.40. The highest BCUT2D eigenvalue weighted by atomic mass is 79.9. The Labute approximate surface area is 150 Å². The number of amides is 1. The number of alkyl carbamates (subject to hydrolysis) is 1. The van der Waals surface area contributed by atoms with Crippen LogP contribution >= 0.6 is 15.9 Å². The first kappa shape index (κ1) is 17.0. The number of hydrogen-bond acceptors (Lipinski definition) is 3. The molecule has 1 amide bonds. The molecule has 2 aromatic rings. The second-order valence-electron chi connectivity index (χ2n) is 6.00. The Bertz CT molecular complexity index is 678. The van der Waals surface area contributed by atoms with E-state index in [1.807, 2.05) is 42.5 Å². The van der Waals surface area contributed by atoms with E-state index in [-0.39, 0.29) is 18.2 Å². The van der Waals surface area contributed by atoms with E-state index >= 15 is 0 Å². The molecule has 4 nitrogen and oxygen atoms in total. The second-order valence-corrected chi connectivity index (χ2v) is 6.91. The lowest BCUT2D eigenvalue weighted by molar-refractivity contribution is 0.134. The molecule has 0 saturated carbocycles. The van der Waals surface area contributed by atoms with Crippen LogP contribution in [-0.4, -0.2) is 24.7 Å². The summed E-state index contributed by atoms with van der Waals surface area (Å²) in [5.41, 5.74) is 2.23. The predicted octanol–water partition coefficient (Wildman–Crippen LogP) is 3.65. The Kier molecular flexibility index (Phi) is 5.88. The highest BCUT2D eigenvalue weighted by Gasteiger charge is 2.28. The molecule has 0 radical (unpaired) electrons. The molecule has 1 heterocycles. The van der Waals surface area contributed by atoms with E-state index in [0.29, 0.717) is 6.61 Å². The number of hydrogen-bond donors (Lipinski definition) is 2. The normalized spacial score (nSPS) is 19.9. The van der Waals surface area contributed by atoms with E-state index < -0.39 is 0 Å². The number of carbonyl (C=O) groups is 1. The predicted molar refractivity (Wildman–Crippen MR) is 97.8 cm³/mol. The summed E-state index contributed by atoms with van der Waals surface area (Å²) in [6.45, 7) is 1.20. The van der Waals surface area contributed by atoms with Gasteiger partial charge in [-0.1, -0.05) is 58.4 Å². The van der Waals surface area contributed by atoms with Gasteiger partial charge in [0.25, 0.3) is 0 Å². The summed E-state index contributed by atoms with van der Waals surface area (Å²) in [4.78, 5) is 12.1. The second kappa shape index (κ2) is 8.31. The third-order valence-electron chi connectivity index (χ3n) is 4.21. The number of ether oxygens (including phenoxy) is 1. The van der Waals surface area contributed by atoms with Crippen molar-refractivity contribution in [3.8, 4) is 0 Å². The van der Waals surface area contributed by atoms with Crippen LogP contribution in [0.3, 0.4) is 0 Å². The van der Waals surface area contributed by atoms with Gasteiger partial charge in [-0.15, -0.1) is 0 Å². The quantitative estimate of drug-likeness (QED) is 0.821. The Morgan fingerprint density at radius 1 is 1.17 bits per heavy atom. The summed E-state index contributed by atoms with van der Waals surface area (Å²) in [6.07, 6.45) is 1.44. The summed E-state index contributed by atoms with van der Waals surface area (Å²) in [6, 6.07) is 18.3.